The van der Waals surface area contributed by atoms with Crippen LogP contribution in [0.5, 0.6) is 0 Å². The van der Waals surface area contributed by atoms with Crippen molar-refractivity contribution in [2.24, 2.45) is 0 Å². The number of rotatable bonds is 7. The summed E-state index contributed by atoms with van der Waals surface area (Å²) in [6.45, 7) is 9.68. The summed E-state index contributed by atoms with van der Waals surface area (Å²) in [6, 6.07) is 7.10. The highest BCUT2D eigenvalue weighted by atomic mass is 32.2. The van der Waals surface area contributed by atoms with Gasteiger partial charge in [0.2, 0.25) is 0 Å². The van der Waals surface area contributed by atoms with E-state index in [1.165, 1.54) is 6.26 Å². The molecule has 0 aliphatic carbocycles. The maximum Gasteiger partial charge on any atom is 0.175 e. The quantitative estimate of drug-likeness (QED) is 0.784. The summed E-state index contributed by atoms with van der Waals surface area (Å²) in [6.07, 6.45) is 2.32. The molecule has 0 spiro atoms. The van der Waals surface area contributed by atoms with Gasteiger partial charge in [-0.1, -0.05) is 13.8 Å². The Hall–Kier alpha value is -0.520. The first-order valence-electron chi connectivity index (χ1n) is 6.86. The number of sulfone groups is 1. The molecule has 0 radical (unpaired) electrons. The molecule has 0 saturated heterocycles. The van der Waals surface area contributed by atoms with Crippen LogP contribution in [-0.2, 0) is 9.84 Å². The molecule has 1 aromatic rings. The topological polar surface area (TPSA) is 46.2 Å². The molecule has 1 atom stereocenters. The Kier molecular flexibility index (Phi) is 6.10. The molecule has 5 heteroatoms. The molecule has 0 amide bonds. The molecule has 114 valence electrons. The van der Waals surface area contributed by atoms with Crippen molar-refractivity contribution >= 4 is 21.6 Å². The van der Waals surface area contributed by atoms with Crippen LogP contribution in [0.1, 0.15) is 34.1 Å². The Morgan fingerprint density at radius 3 is 2.25 bits per heavy atom. The minimum absolute atomic E-state index is 0.162. The van der Waals surface area contributed by atoms with Gasteiger partial charge in [0.15, 0.2) is 9.84 Å². The minimum atomic E-state index is -3.10. The van der Waals surface area contributed by atoms with E-state index in [2.05, 4.69) is 33.0 Å². The van der Waals surface area contributed by atoms with Crippen LogP contribution in [0, 0.1) is 0 Å². The lowest BCUT2D eigenvalue weighted by Crippen LogP contribution is -2.41. The van der Waals surface area contributed by atoms with Gasteiger partial charge in [-0.3, -0.25) is 0 Å². The second kappa shape index (κ2) is 6.96. The fourth-order valence-corrected chi connectivity index (χ4v) is 3.14. The van der Waals surface area contributed by atoms with Gasteiger partial charge in [0.1, 0.15) is 0 Å². The van der Waals surface area contributed by atoms with Crippen molar-refractivity contribution in [3.63, 3.8) is 0 Å². The monoisotopic (exact) mass is 315 g/mol. The average molecular weight is 316 g/mol. The van der Waals surface area contributed by atoms with E-state index in [1.807, 2.05) is 12.1 Å². The second-order valence-electron chi connectivity index (χ2n) is 5.79. The maximum atomic E-state index is 11.4. The Bertz CT molecular complexity index is 521. The van der Waals surface area contributed by atoms with Gasteiger partial charge >= 0.3 is 0 Å². The Morgan fingerprint density at radius 1 is 1.25 bits per heavy atom. The van der Waals surface area contributed by atoms with Crippen LogP contribution in [0.4, 0.5) is 0 Å². The SMILES string of the molecule is CCC(C)(C)NCC(C)Sc1ccc(S(C)(=O)=O)cc1. The summed E-state index contributed by atoms with van der Waals surface area (Å²) in [5.74, 6) is 0. The molecule has 0 heterocycles. The van der Waals surface area contributed by atoms with Gasteiger partial charge in [0, 0.05) is 28.5 Å². The van der Waals surface area contributed by atoms with Crippen LogP contribution in [0.25, 0.3) is 0 Å². The third-order valence-electron chi connectivity index (χ3n) is 3.34. The highest BCUT2D eigenvalue weighted by molar-refractivity contribution is 8.00. The summed E-state index contributed by atoms with van der Waals surface area (Å²) in [5.41, 5.74) is 0.162. The van der Waals surface area contributed by atoms with Crippen molar-refractivity contribution < 1.29 is 8.42 Å². The fourth-order valence-electron chi connectivity index (χ4n) is 1.58. The molecule has 1 unspecified atom stereocenters. The molecule has 0 saturated carbocycles. The van der Waals surface area contributed by atoms with E-state index in [1.54, 1.807) is 23.9 Å². The first-order valence-corrected chi connectivity index (χ1v) is 9.63. The zero-order chi connectivity index (χ0) is 15.4. The van der Waals surface area contributed by atoms with Crippen LogP contribution in [0.2, 0.25) is 0 Å². The predicted molar refractivity (Wildman–Crippen MR) is 87.2 cm³/mol. The standard InChI is InChI=1S/C15H25NO2S2/c1-6-15(3,4)16-11-12(2)19-13-7-9-14(10-8-13)20(5,17)18/h7-10,12,16H,6,11H2,1-5H3. The lowest BCUT2D eigenvalue weighted by molar-refractivity contribution is 0.379. The molecular weight excluding hydrogens is 290 g/mol. The van der Waals surface area contributed by atoms with Crippen molar-refractivity contribution in [1.82, 2.24) is 5.32 Å². The summed E-state index contributed by atoms with van der Waals surface area (Å²) in [4.78, 5) is 1.47. The molecule has 0 aliphatic heterocycles. The molecular formula is C15H25NO2S2. The summed E-state index contributed by atoms with van der Waals surface area (Å²) < 4.78 is 22.8. The summed E-state index contributed by atoms with van der Waals surface area (Å²) in [5, 5.41) is 3.98. The number of benzene rings is 1. The van der Waals surface area contributed by atoms with Crippen molar-refractivity contribution in [2.75, 3.05) is 12.8 Å². The Morgan fingerprint density at radius 2 is 1.80 bits per heavy atom. The smallest absolute Gasteiger partial charge is 0.175 e. The van der Waals surface area contributed by atoms with Gasteiger partial charge in [0.05, 0.1) is 4.90 Å². The van der Waals surface area contributed by atoms with Crippen molar-refractivity contribution in [3.05, 3.63) is 24.3 Å². The van der Waals surface area contributed by atoms with Gasteiger partial charge in [-0.25, -0.2) is 8.42 Å². The van der Waals surface area contributed by atoms with E-state index in [0.29, 0.717) is 10.1 Å². The first kappa shape index (κ1) is 17.5. The molecule has 0 aromatic heterocycles. The Labute approximate surface area is 127 Å². The first-order chi connectivity index (χ1) is 9.14. The van der Waals surface area contributed by atoms with Crippen LogP contribution in [0.3, 0.4) is 0 Å². The number of nitrogens with one attached hydrogen (secondary N) is 1. The zero-order valence-electron chi connectivity index (χ0n) is 12.9. The molecule has 0 bridgehead atoms. The molecule has 1 N–H and O–H groups in total. The summed E-state index contributed by atoms with van der Waals surface area (Å²) in [7, 11) is -3.10. The molecule has 1 aromatic carbocycles. The van der Waals surface area contributed by atoms with Crippen molar-refractivity contribution in [1.29, 1.82) is 0 Å². The summed E-state index contributed by atoms with van der Waals surface area (Å²) >= 11 is 1.76. The van der Waals surface area contributed by atoms with Gasteiger partial charge in [-0.2, -0.15) is 0 Å². The van der Waals surface area contributed by atoms with Crippen molar-refractivity contribution in [3.8, 4) is 0 Å². The van der Waals surface area contributed by atoms with Gasteiger partial charge in [-0.05, 0) is 44.5 Å². The van der Waals surface area contributed by atoms with Crippen molar-refractivity contribution in [2.45, 2.75) is 54.7 Å². The third kappa shape index (κ3) is 5.85. The molecule has 1 rings (SSSR count). The number of thioether (sulfide) groups is 1. The fraction of sp³-hybridized carbons (Fsp3) is 0.600. The number of hydrogen-bond donors (Lipinski definition) is 1. The van der Waals surface area contributed by atoms with Crippen LogP contribution in [-0.4, -0.2) is 32.0 Å². The normalized spacial score (nSPS) is 14.2. The van der Waals surface area contributed by atoms with Crippen LogP contribution < -0.4 is 5.32 Å². The average Bonchev–Trinajstić information content (AvgIpc) is 2.36. The maximum absolute atomic E-state index is 11.4. The van der Waals surface area contributed by atoms with E-state index >= 15 is 0 Å². The predicted octanol–water partition coefficient (Wildman–Crippen LogP) is 3.35. The second-order valence-corrected chi connectivity index (χ2v) is 9.32. The number of hydrogen-bond acceptors (Lipinski definition) is 4. The van der Waals surface area contributed by atoms with Crippen LogP contribution in [0.15, 0.2) is 34.1 Å². The van der Waals surface area contributed by atoms with E-state index in [9.17, 15) is 8.42 Å². The van der Waals surface area contributed by atoms with E-state index in [0.717, 1.165) is 17.9 Å². The largest absolute Gasteiger partial charge is 0.311 e. The highest BCUT2D eigenvalue weighted by Gasteiger charge is 2.15. The van der Waals surface area contributed by atoms with Crippen LogP contribution >= 0.6 is 11.8 Å². The third-order valence-corrected chi connectivity index (χ3v) is 5.58. The highest BCUT2D eigenvalue weighted by Crippen LogP contribution is 2.24. The molecule has 20 heavy (non-hydrogen) atoms. The molecule has 0 aliphatic rings. The van der Waals surface area contributed by atoms with Gasteiger partial charge < -0.3 is 5.32 Å². The van der Waals surface area contributed by atoms with E-state index in [-0.39, 0.29) is 5.54 Å². The molecule has 0 fully saturated rings. The molecule has 3 nitrogen and oxygen atoms in total. The van der Waals surface area contributed by atoms with Gasteiger partial charge in [0.25, 0.3) is 0 Å². The van der Waals surface area contributed by atoms with E-state index < -0.39 is 9.84 Å². The lowest BCUT2D eigenvalue weighted by Gasteiger charge is -2.26. The van der Waals surface area contributed by atoms with E-state index in [4.69, 9.17) is 0 Å². The lowest BCUT2D eigenvalue weighted by atomic mass is 10.0. The van der Waals surface area contributed by atoms with Gasteiger partial charge in [-0.15, -0.1) is 11.8 Å². The Balaban J connectivity index is 2.57. The minimum Gasteiger partial charge on any atom is -0.311 e. The zero-order valence-corrected chi connectivity index (χ0v) is 14.6.